The first-order valence-corrected chi connectivity index (χ1v) is 4.74. The van der Waals surface area contributed by atoms with Crippen molar-refractivity contribution in [3.63, 3.8) is 0 Å². The summed E-state index contributed by atoms with van der Waals surface area (Å²) < 4.78 is 0. The molecule has 1 atom stereocenters. The van der Waals surface area contributed by atoms with E-state index in [9.17, 15) is 9.90 Å². The molecule has 0 rings (SSSR count). The van der Waals surface area contributed by atoms with Gasteiger partial charge in [0.15, 0.2) is 11.7 Å². The molecule has 0 aromatic carbocycles. The highest BCUT2D eigenvalue weighted by Crippen LogP contribution is 2.04. The summed E-state index contributed by atoms with van der Waals surface area (Å²) in [5.74, 6) is -0.353. The molecule has 0 saturated carbocycles. The lowest BCUT2D eigenvalue weighted by Crippen LogP contribution is -2.32. The zero-order chi connectivity index (χ0) is 11.1. The average Bonchev–Trinajstić information content (AvgIpc) is 2.10. The average molecular weight is 201 g/mol. The number of rotatable bonds is 6. The molecule has 0 aromatic heterocycles. The summed E-state index contributed by atoms with van der Waals surface area (Å²) in [6, 6.07) is 0. The second-order valence-electron chi connectivity index (χ2n) is 3.56. The van der Waals surface area contributed by atoms with Crippen LogP contribution in [0.25, 0.3) is 0 Å². The van der Waals surface area contributed by atoms with Crippen LogP contribution in [0.5, 0.6) is 0 Å². The van der Waals surface area contributed by atoms with Crippen LogP contribution in [0.1, 0.15) is 26.7 Å². The second kappa shape index (κ2) is 6.37. The van der Waals surface area contributed by atoms with Crippen LogP contribution >= 0.6 is 0 Å². The molecule has 82 valence electrons. The normalized spacial score (nSPS) is 12.6. The topological polar surface area (TPSA) is 99.2 Å². The van der Waals surface area contributed by atoms with Gasteiger partial charge in [-0.1, -0.05) is 13.8 Å². The van der Waals surface area contributed by atoms with Gasteiger partial charge in [0.1, 0.15) is 6.10 Å². The molecule has 0 heterocycles. The maximum Gasteiger partial charge on any atom is 0.185 e. The summed E-state index contributed by atoms with van der Waals surface area (Å²) in [5.41, 5.74) is 5.06. The molecule has 14 heavy (non-hydrogen) atoms. The molecule has 0 aliphatic heterocycles. The molecule has 0 radical (unpaired) electrons. The molecule has 0 bridgehead atoms. The molecule has 0 saturated heterocycles. The van der Waals surface area contributed by atoms with Crippen molar-refractivity contribution < 1.29 is 9.90 Å². The number of ketones is 1. The highest BCUT2D eigenvalue weighted by Gasteiger charge is 2.17. The highest BCUT2D eigenvalue weighted by molar-refractivity contribution is 5.84. The Morgan fingerprint density at radius 1 is 1.57 bits per heavy atom. The zero-order valence-electron chi connectivity index (χ0n) is 8.71. The Kier molecular flexibility index (Phi) is 5.87. The standard InChI is InChI=1S/C9H19N3O2/c1-6(2)8(14)7(13)4-3-5-12-9(10)11/h6-7,13H,3-5H2,1-2H3,(H4,10,11,12). The van der Waals surface area contributed by atoms with Crippen LogP contribution in [0.2, 0.25) is 0 Å². The van der Waals surface area contributed by atoms with Crippen molar-refractivity contribution in [1.29, 1.82) is 5.41 Å². The van der Waals surface area contributed by atoms with E-state index in [0.29, 0.717) is 19.4 Å². The van der Waals surface area contributed by atoms with Crippen LogP contribution in [0, 0.1) is 11.3 Å². The summed E-state index contributed by atoms with van der Waals surface area (Å²) in [4.78, 5) is 11.2. The van der Waals surface area contributed by atoms with Crippen molar-refractivity contribution in [3.8, 4) is 0 Å². The summed E-state index contributed by atoms with van der Waals surface area (Å²) in [7, 11) is 0. The fraction of sp³-hybridized carbons (Fsp3) is 0.778. The molecule has 0 aromatic rings. The minimum atomic E-state index is -0.885. The van der Waals surface area contributed by atoms with E-state index in [0.717, 1.165) is 0 Å². The Hall–Kier alpha value is -1.10. The molecule has 0 aliphatic carbocycles. The van der Waals surface area contributed by atoms with Gasteiger partial charge in [-0.05, 0) is 12.8 Å². The van der Waals surface area contributed by atoms with E-state index < -0.39 is 6.10 Å². The first-order chi connectivity index (χ1) is 6.45. The molecule has 5 nitrogen and oxygen atoms in total. The van der Waals surface area contributed by atoms with Crippen molar-refractivity contribution in [2.24, 2.45) is 11.7 Å². The minimum Gasteiger partial charge on any atom is -0.385 e. The van der Waals surface area contributed by atoms with E-state index in [2.05, 4.69) is 5.32 Å². The quantitative estimate of drug-likeness (QED) is 0.272. The SMILES string of the molecule is CC(C)C(=O)C(O)CCCNC(=N)N. The van der Waals surface area contributed by atoms with Gasteiger partial charge in [0.05, 0.1) is 0 Å². The third-order valence-electron chi connectivity index (χ3n) is 1.87. The summed E-state index contributed by atoms with van der Waals surface area (Å²) in [5, 5.41) is 18.9. The number of aliphatic hydroxyl groups is 1. The van der Waals surface area contributed by atoms with E-state index in [1.807, 2.05) is 0 Å². The van der Waals surface area contributed by atoms with Crippen LogP contribution in [0.4, 0.5) is 0 Å². The molecule has 5 heteroatoms. The van der Waals surface area contributed by atoms with Gasteiger partial charge in [-0.25, -0.2) is 0 Å². The smallest absolute Gasteiger partial charge is 0.185 e. The highest BCUT2D eigenvalue weighted by atomic mass is 16.3. The maximum absolute atomic E-state index is 11.2. The minimum absolute atomic E-state index is 0.0883. The van der Waals surface area contributed by atoms with Gasteiger partial charge in [0.25, 0.3) is 0 Å². The third-order valence-corrected chi connectivity index (χ3v) is 1.87. The van der Waals surface area contributed by atoms with Gasteiger partial charge in [0.2, 0.25) is 0 Å². The Balaban J connectivity index is 3.59. The fourth-order valence-electron chi connectivity index (χ4n) is 1.05. The van der Waals surface area contributed by atoms with Gasteiger partial charge >= 0.3 is 0 Å². The summed E-state index contributed by atoms with van der Waals surface area (Å²) in [6.07, 6.45) is 0.153. The summed E-state index contributed by atoms with van der Waals surface area (Å²) >= 11 is 0. The predicted octanol–water partition coefficient (Wildman–Crippen LogP) is -0.164. The number of guanidine groups is 1. The lowest BCUT2D eigenvalue weighted by Gasteiger charge is -2.11. The van der Waals surface area contributed by atoms with Crippen molar-refractivity contribution in [3.05, 3.63) is 0 Å². The van der Waals surface area contributed by atoms with Gasteiger partial charge in [-0.3, -0.25) is 10.2 Å². The maximum atomic E-state index is 11.2. The lowest BCUT2D eigenvalue weighted by molar-refractivity contribution is -0.130. The number of hydrogen-bond donors (Lipinski definition) is 4. The Morgan fingerprint density at radius 3 is 2.57 bits per heavy atom. The van der Waals surface area contributed by atoms with Crippen LogP contribution in [0.3, 0.4) is 0 Å². The first kappa shape index (κ1) is 12.9. The van der Waals surface area contributed by atoms with Gasteiger partial charge in [-0.2, -0.15) is 0 Å². The molecular formula is C9H19N3O2. The second-order valence-corrected chi connectivity index (χ2v) is 3.56. The molecule has 0 spiro atoms. The molecular weight excluding hydrogens is 182 g/mol. The fourth-order valence-corrected chi connectivity index (χ4v) is 1.05. The van der Waals surface area contributed by atoms with Crippen LogP contribution in [-0.2, 0) is 4.79 Å². The Labute approximate surface area is 84.2 Å². The Bertz CT molecular complexity index is 204. The number of nitrogens with one attached hydrogen (secondary N) is 2. The number of Topliss-reactive ketones (excluding diaryl/α,β-unsaturated/α-hetero) is 1. The number of aliphatic hydroxyl groups excluding tert-OH is 1. The van der Waals surface area contributed by atoms with E-state index in [4.69, 9.17) is 11.1 Å². The molecule has 0 amide bonds. The first-order valence-electron chi connectivity index (χ1n) is 4.74. The largest absolute Gasteiger partial charge is 0.385 e. The number of carbonyl (C=O) groups excluding carboxylic acids is 1. The molecule has 5 N–H and O–H groups in total. The molecule has 0 fully saturated rings. The van der Waals surface area contributed by atoms with Crippen LogP contribution in [-0.4, -0.2) is 29.5 Å². The van der Waals surface area contributed by atoms with Gasteiger partial charge in [0, 0.05) is 12.5 Å². The third kappa shape index (κ3) is 5.53. The van der Waals surface area contributed by atoms with E-state index in [1.165, 1.54) is 0 Å². The molecule has 0 aliphatic rings. The predicted molar refractivity (Wildman–Crippen MR) is 55.0 cm³/mol. The lowest BCUT2D eigenvalue weighted by atomic mass is 10.0. The monoisotopic (exact) mass is 201 g/mol. The Morgan fingerprint density at radius 2 is 2.14 bits per heavy atom. The van der Waals surface area contributed by atoms with Gasteiger partial charge in [-0.15, -0.1) is 0 Å². The number of nitrogens with two attached hydrogens (primary N) is 1. The van der Waals surface area contributed by atoms with Crippen molar-refractivity contribution in [1.82, 2.24) is 5.32 Å². The van der Waals surface area contributed by atoms with Crippen molar-refractivity contribution in [2.75, 3.05) is 6.54 Å². The molecule has 1 unspecified atom stereocenters. The summed E-state index contributed by atoms with van der Waals surface area (Å²) in [6.45, 7) is 4.04. The van der Waals surface area contributed by atoms with Crippen LogP contribution < -0.4 is 11.1 Å². The number of hydrogen-bond acceptors (Lipinski definition) is 3. The zero-order valence-corrected chi connectivity index (χ0v) is 8.71. The number of carbonyl (C=O) groups is 1. The van der Waals surface area contributed by atoms with Crippen LogP contribution in [0.15, 0.2) is 0 Å². The van der Waals surface area contributed by atoms with E-state index in [-0.39, 0.29) is 17.7 Å². The van der Waals surface area contributed by atoms with E-state index in [1.54, 1.807) is 13.8 Å². The van der Waals surface area contributed by atoms with Crippen molar-refractivity contribution in [2.45, 2.75) is 32.8 Å². The van der Waals surface area contributed by atoms with E-state index >= 15 is 0 Å². The van der Waals surface area contributed by atoms with Crippen molar-refractivity contribution >= 4 is 11.7 Å². The van der Waals surface area contributed by atoms with Gasteiger partial charge < -0.3 is 16.2 Å².